The quantitative estimate of drug-likeness (QED) is 0.360. The molecular weight excluding hydrogens is 364 g/mol. The van der Waals surface area contributed by atoms with Gasteiger partial charge in [0.05, 0.1) is 20.3 Å². The van der Waals surface area contributed by atoms with Crippen molar-refractivity contribution in [1.29, 1.82) is 0 Å². The summed E-state index contributed by atoms with van der Waals surface area (Å²) in [5.74, 6) is -1.44. The summed E-state index contributed by atoms with van der Waals surface area (Å²) in [6.45, 7) is 4.22. The maximum Gasteiger partial charge on any atom is 0.211 e. The third-order valence-electron chi connectivity index (χ3n) is 6.10. The fourth-order valence-corrected chi connectivity index (χ4v) is 4.56. The molecule has 4 atom stereocenters. The van der Waals surface area contributed by atoms with Crippen molar-refractivity contribution >= 4 is 0 Å². The smallest absolute Gasteiger partial charge is 0.211 e. The Morgan fingerprint density at radius 2 is 1.64 bits per heavy atom. The summed E-state index contributed by atoms with van der Waals surface area (Å²) in [6.07, 6.45) is -0.142. The van der Waals surface area contributed by atoms with Crippen LogP contribution in [-0.4, -0.2) is 52.9 Å². The molecule has 2 aliphatic rings. The van der Waals surface area contributed by atoms with Gasteiger partial charge in [0.1, 0.15) is 5.66 Å². The molecule has 9 heteroatoms. The molecule has 1 saturated heterocycles. The molecular formula is C19H32N4O5. The standard InChI is InChI=1S/C19H32N4O5/c1-10(2)5-11-9-23-17(25,8-14(11)24)12-6-15(27-3)16(28-4)7-13(12)18(20,21)19(23,22)26/h6-7,10-11,14,24-26H,5,8-9,20-22H2,1-4H3. The lowest BCUT2D eigenvalue weighted by Gasteiger charge is -2.61. The average Bonchev–Trinajstić information content (AvgIpc) is 2.61. The van der Waals surface area contributed by atoms with Crippen LogP contribution in [0.5, 0.6) is 11.5 Å². The van der Waals surface area contributed by atoms with Gasteiger partial charge in [-0.3, -0.25) is 5.73 Å². The third kappa shape index (κ3) is 2.89. The molecule has 2 heterocycles. The second-order valence-corrected chi connectivity index (χ2v) is 8.44. The van der Waals surface area contributed by atoms with E-state index in [1.807, 2.05) is 13.8 Å². The molecule has 0 spiro atoms. The number of aliphatic hydroxyl groups is 3. The molecule has 28 heavy (non-hydrogen) atoms. The van der Waals surface area contributed by atoms with Gasteiger partial charge in [-0.15, -0.1) is 0 Å². The maximum atomic E-state index is 11.6. The van der Waals surface area contributed by atoms with Crippen molar-refractivity contribution in [2.45, 2.75) is 50.0 Å². The van der Waals surface area contributed by atoms with Crippen LogP contribution in [0.3, 0.4) is 0 Å². The number of nitrogens with two attached hydrogens (primary N) is 3. The fourth-order valence-electron chi connectivity index (χ4n) is 4.56. The lowest BCUT2D eigenvalue weighted by atomic mass is 9.72. The second-order valence-electron chi connectivity index (χ2n) is 8.44. The molecule has 2 aliphatic heterocycles. The highest BCUT2D eigenvalue weighted by atomic mass is 16.5. The van der Waals surface area contributed by atoms with Gasteiger partial charge in [0.2, 0.25) is 5.85 Å². The molecule has 1 aromatic carbocycles. The van der Waals surface area contributed by atoms with Crippen molar-refractivity contribution in [2.24, 2.45) is 29.0 Å². The van der Waals surface area contributed by atoms with Crippen molar-refractivity contribution in [3.63, 3.8) is 0 Å². The Morgan fingerprint density at radius 3 is 2.14 bits per heavy atom. The van der Waals surface area contributed by atoms with Crippen LogP contribution in [-0.2, 0) is 11.4 Å². The fraction of sp³-hybridized carbons (Fsp3) is 0.684. The minimum Gasteiger partial charge on any atom is -0.493 e. The van der Waals surface area contributed by atoms with Gasteiger partial charge in [0.15, 0.2) is 17.2 Å². The average molecular weight is 396 g/mol. The summed E-state index contributed by atoms with van der Waals surface area (Å²) in [5.41, 5.74) is 15.7. The van der Waals surface area contributed by atoms with E-state index in [-0.39, 0.29) is 24.4 Å². The number of rotatable bonds is 4. The van der Waals surface area contributed by atoms with Crippen molar-refractivity contribution in [3.8, 4) is 11.5 Å². The molecule has 1 fully saturated rings. The first kappa shape index (κ1) is 21.3. The SMILES string of the molecule is COc1cc2c(cc1OC)C(N)(N)C(N)(O)N1CC(CC(C)C)C(O)CC21O. The Hall–Kier alpha value is -1.46. The second kappa shape index (κ2) is 6.81. The third-order valence-corrected chi connectivity index (χ3v) is 6.10. The van der Waals surface area contributed by atoms with Gasteiger partial charge in [-0.1, -0.05) is 13.8 Å². The van der Waals surface area contributed by atoms with Crippen molar-refractivity contribution in [2.75, 3.05) is 20.8 Å². The zero-order valence-corrected chi connectivity index (χ0v) is 16.8. The molecule has 1 aromatic rings. The molecule has 0 saturated carbocycles. The van der Waals surface area contributed by atoms with Crippen LogP contribution in [0.4, 0.5) is 0 Å². The number of methoxy groups -OCH3 is 2. The number of hydrogen-bond donors (Lipinski definition) is 6. The van der Waals surface area contributed by atoms with E-state index < -0.39 is 23.3 Å². The van der Waals surface area contributed by atoms with Crippen LogP contribution < -0.4 is 26.7 Å². The molecule has 0 amide bonds. The van der Waals surface area contributed by atoms with Crippen molar-refractivity contribution < 1.29 is 24.8 Å². The van der Waals surface area contributed by atoms with Gasteiger partial charge in [0, 0.05) is 24.1 Å². The first-order valence-corrected chi connectivity index (χ1v) is 9.44. The van der Waals surface area contributed by atoms with E-state index in [2.05, 4.69) is 0 Å². The number of fused-ring (bicyclic) bond motifs is 3. The number of nitrogens with zero attached hydrogens (tertiary/aromatic N) is 1. The lowest BCUT2D eigenvalue weighted by molar-refractivity contribution is -0.306. The van der Waals surface area contributed by atoms with E-state index in [1.54, 1.807) is 6.07 Å². The molecule has 9 N–H and O–H groups in total. The first-order chi connectivity index (χ1) is 12.9. The van der Waals surface area contributed by atoms with Gasteiger partial charge in [-0.2, -0.15) is 0 Å². The molecule has 158 valence electrons. The summed E-state index contributed by atoms with van der Waals surface area (Å²) in [5, 5.41) is 33.6. The van der Waals surface area contributed by atoms with Gasteiger partial charge in [-0.25, -0.2) is 4.90 Å². The number of hydrogen-bond acceptors (Lipinski definition) is 9. The van der Waals surface area contributed by atoms with E-state index in [1.165, 1.54) is 25.2 Å². The Bertz CT molecular complexity index is 754. The van der Waals surface area contributed by atoms with Crippen LogP contribution in [0.1, 0.15) is 37.8 Å². The topological polar surface area (TPSA) is 160 Å². The monoisotopic (exact) mass is 396 g/mol. The van der Waals surface area contributed by atoms with Crippen molar-refractivity contribution in [1.82, 2.24) is 4.90 Å². The molecule has 0 radical (unpaired) electrons. The molecule has 9 nitrogen and oxygen atoms in total. The van der Waals surface area contributed by atoms with E-state index in [4.69, 9.17) is 26.7 Å². The zero-order chi connectivity index (χ0) is 21.1. The van der Waals surface area contributed by atoms with Crippen LogP contribution in [0.2, 0.25) is 0 Å². The number of benzene rings is 1. The maximum absolute atomic E-state index is 11.6. The number of piperidine rings is 1. The van der Waals surface area contributed by atoms with E-state index in [0.717, 1.165) is 0 Å². The van der Waals surface area contributed by atoms with Gasteiger partial charge >= 0.3 is 0 Å². The first-order valence-electron chi connectivity index (χ1n) is 9.44. The molecule has 0 aliphatic carbocycles. The van der Waals surface area contributed by atoms with E-state index >= 15 is 0 Å². The number of ether oxygens (including phenoxy) is 2. The Kier molecular flexibility index (Phi) is 5.17. The predicted molar refractivity (Wildman–Crippen MR) is 103 cm³/mol. The highest BCUT2D eigenvalue weighted by molar-refractivity contribution is 5.54. The Labute approximate surface area is 165 Å². The highest BCUT2D eigenvalue weighted by Gasteiger charge is 2.64. The van der Waals surface area contributed by atoms with Crippen LogP contribution in [0, 0.1) is 11.8 Å². The minimum atomic E-state index is -2.26. The summed E-state index contributed by atoms with van der Waals surface area (Å²) < 4.78 is 10.7. The molecule has 3 rings (SSSR count). The molecule has 0 aromatic heterocycles. The molecule has 0 bridgehead atoms. The van der Waals surface area contributed by atoms with Gasteiger partial charge < -0.3 is 36.3 Å². The normalized spacial score (nSPS) is 34.7. The zero-order valence-electron chi connectivity index (χ0n) is 16.8. The van der Waals surface area contributed by atoms with E-state index in [9.17, 15) is 15.3 Å². The van der Waals surface area contributed by atoms with Gasteiger partial charge in [0.25, 0.3) is 0 Å². The van der Waals surface area contributed by atoms with Crippen LogP contribution in [0.15, 0.2) is 12.1 Å². The summed E-state index contributed by atoms with van der Waals surface area (Å²) in [4.78, 5) is 1.30. The predicted octanol–water partition coefficient (Wildman–Crippen LogP) is -0.734. The summed E-state index contributed by atoms with van der Waals surface area (Å²) >= 11 is 0. The number of aliphatic hydroxyl groups excluding tert-OH is 1. The summed E-state index contributed by atoms with van der Waals surface area (Å²) in [7, 11) is 2.93. The minimum absolute atomic E-state index is 0.0531. The lowest BCUT2D eigenvalue weighted by Crippen LogP contribution is -2.83. The Morgan fingerprint density at radius 1 is 1.11 bits per heavy atom. The van der Waals surface area contributed by atoms with E-state index in [0.29, 0.717) is 29.4 Å². The van der Waals surface area contributed by atoms with Crippen LogP contribution >= 0.6 is 0 Å². The molecule has 4 unspecified atom stereocenters. The van der Waals surface area contributed by atoms with Gasteiger partial charge in [-0.05, 0) is 30.4 Å². The summed E-state index contributed by atoms with van der Waals surface area (Å²) in [6, 6.07) is 3.08. The van der Waals surface area contributed by atoms with Crippen LogP contribution in [0.25, 0.3) is 0 Å². The van der Waals surface area contributed by atoms with Crippen molar-refractivity contribution in [3.05, 3.63) is 23.3 Å². The highest BCUT2D eigenvalue weighted by Crippen LogP contribution is 2.52. The largest absolute Gasteiger partial charge is 0.493 e. The Balaban J connectivity index is 2.21.